The molecule has 0 saturated heterocycles. The van der Waals surface area contributed by atoms with Gasteiger partial charge in [0.25, 0.3) is 0 Å². The van der Waals surface area contributed by atoms with Crippen LogP contribution in [-0.4, -0.2) is 8.42 Å². The summed E-state index contributed by atoms with van der Waals surface area (Å²) in [6.45, 7) is 3.71. The van der Waals surface area contributed by atoms with E-state index in [0.29, 0.717) is 0 Å². The number of benzene rings is 2. The SMILES string of the molecule is Cc1ccccc1[C@H](C)NS(=O)(=O)c1ccc(F)cc1. The van der Waals surface area contributed by atoms with Crippen molar-refractivity contribution in [3.05, 3.63) is 65.5 Å². The Balaban J connectivity index is 2.24. The van der Waals surface area contributed by atoms with Gasteiger partial charge in [-0.15, -0.1) is 0 Å². The second-order valence-electron chi connectivity index (χ2n) is 4.65. The van der Waals surface area contributed by atoms with E-state index in [1.54, 1.807) is 6.92 Å². The first-order valence-electron chi connectivity index (χ1n) is 6.23. The van der Waals surface area contributed by atoms with Crippen molar-refractivity contribution in [2.45, 2.75) is 24.8 Å². The fourth-order valence-corrected chi connectivity index (χ4v) is 3.27. The zero-order valence-electron chi connectivity index (χ0n) is 11.3. The van der Waals surface area contributed by atoms with Gasteiger partial charge in [-0.2, -0.15) is 0 Å². The molecule has 0 spiro atoms. The molecule has 0 aliphatic rings. The van der Waals surface area contributed by atoms with Crippen molar-refractivity contribution in [3.63, 3.8) is 0 Å². The number of aryl methyl sites for hydroxylation is 1. The maximum Gasteiger partial charge on any atom is 0.241 e. The molecule has 0 saturated carbocycles. The molecule has 5 heteroatoms. The van der Waals surface area contributed by atoms with Crippen LogP contribution in [0.3, 0.4) is 0 Å². The third-order valence-electron chi connectivity index (χ3n) is 3.11. The number of hydrogen-bond acceptors (Lipinski definition) is 2. The van der Waals surface area contributed by atoms with E-state index >= 15 is 0 Å². The molecule has 0 heterocycles. The maximum atomic E-state index is 12.8. The highest BCUT2D eigenvalue weighted by molar-refractivity contribution is 7.89. The highest BCUT2D eigenvalue weighted by Gasteiger charge is 2.19. The van der Waals surface area contributed by atoms with Gasteiger partial charge in [-0.3, -0.25) is 0 Å². The summed E-state index contributed by atoms with van der Waals surface area (Å²) in [5.74, 6) is -0.462. The van der Waals surface area contributed by atoms with E-state index < -0.39 is 15.8 Å². The molecule has 1 atom stereocenters. The molecule has 2 aromatic carbocycles. The summed E-state index contributed by atoms with van der Waals surface area (Å²) in [6.07, 6.45) is 0. The number of nitrogens with one attached hydrogen (secondary N) is 1. The quantitative estimate of drug-likeness (QED) is 0.941. The average Bonchev–Trinajstić information content (AvgIpc) is 2.39. The molecule has 0 unspecified atom stereocenters. The molecular weight excluding hydrogens is 277 g/mol. The van der Waals surface area contributed by atoms with Crippen molar-refractivity contribution in [3.8, 4) is 0 Å². The van der Waals surface area contributed by atoms with Crippen molar-refractivity contribution in [2.24, 2.45) is 0 Å². The Morgan fingerprint density at radius 2 is 1.65 bits per heavy atom. The van der Waals surface area contributed by atoms with Crippen LogP contribution in [-0.2, 0) is 10.0 Å². The minimum atomic E-state index is -3.66. The number of rotatable bonds is 4. The van der Waals surface area contributed by atoms with Crippen LogP contribution in [0.2, 0.25) is 0 Å². The number of sulfonamides is 1. The van der Waals surface area contributed by atoms with Crippen LogP contribution >= 0.6 is 0 Å². The average molecular weight is 293 g/mol. The summed E-state index contributed by atoms with van der Waals surface area (Å²) in [7, 11) is -3.66. The highest BCUT2D eigenvalue weighted by Crippen LogP contribution is 2.20. The van der Waals surface area contributed by atoms with Crippen LogP contribution in [0.5, 0.6) is 0 Å². The van der Waals surface area contributed by atoms with Crippen molar-refractivity contribution < 1.29 is 12.8 Å². The van der Waals surface area contributed by atoms with Gasteiger partial charge in [0.15, 0.2) is 0 Å². The van der Waals surface area contributed by atoms with E-state index in [1.165, 1.54) is 12.1 Å². The molecule has 106 valence electrons. The second-order valence-corrected chi connectivity index (χ2v) is 6.37. The Hall–Kier alpha value is -1.72. The second kappa shape index (κ2) is 5.73. The molecule has 0 amide bonds. The first-order valence-corrected chi connectivity index (χ1v) is 7.72. The van der Waals surface area contributed by atoms with Gasteiger partial charge in [0.05, 0.1) is 4.90 Å². The summed E-state index contributed by atoms with van der Waals surface area (Å²) >= 11 is 0. The summed E-state index contributed by atoms with van der Waals surface area (Å²) in [6, 6.07) is 12.0. The Morgan fingerprint density at radius 1 is 1.05 bits per heavy atom. The van der Waals surface area contributed by atoms with Crippen LogP contribution in [0.25, 0.3) is 0 Å². The predicted molar refractivity (Wildman–Crippen MR) is 76.3 cm³/mol. The first-order chi connectivity index (χ1) is 9.40. The van der Waals surface area contributed by atoms with Crippen molar-refractivity contribution in [1.82, 2.24) is 4.72 Å². The first kappa shape index (κ1) is 14.7. The molecule has 0 bridgehead atoms. The largest absolute Gasteiger partial charge is 0.241 e. The Morgan fingerprint density at radius 3 is 2.25 bits per heavy atom. The molecular formula is C15H16FNO2S. The Bertz CT molecular complexity index is 696. The number of halogens is 1. The minimum absolute atomic E-state index is 0.0549. The molecule has 0 fully saturated rings. The lowest BCUT2D eigenvalue weighted by Gasteiger charge is -2.16. The van der Waals surface area contributed by atoms with Gasteiger partial charge in [-0.1, -0.05) is 24.3 Å². The van der Waals surface area contributed by atoms with Crippen LogP contribution in [0.4, 0.5) is 4.39 Å². The van der Waals surface area contributed by atoms with Gasteiger partial charge in [0.1, 0.15) is 5.82 Å². The van der Waals surface area contributed by atoms with Crippen LogP contribution < -0.4 is 4.72 Å². The standard InChI is InChI=1S/C15H16FNO2S/c1-11-5-3-4-6-15(11)12(2)17-20(18,19)14-9-7-13(16)8-10-14/h3-10,12,17H,1-2H3/t12-/m0/s1. The van der Waals surface area contributed by atoms with Gasteiger partial charge in [-0.05, 0) is 49.2 Å². The summed E-state index contributed by atoms with van der Waals surface area (Å²) in [4.78, 5) is 0.0549. The fourth-order valence-electron chi connectivity index (χ4n) is 2.05. The van der Waals surface area contributed by atoms with E-state index in [0.717, 1.165) is 23.3 Å². The molecule has 20 heavy (non-hydrogen) atoms. The minimum Gasteiger partial charge on any atom is -0.207 e. The monoisotopic (exact) mass is 293 g/mol. The molecule has 0 aromatic heterocycles. The summed E-state index contributed by atoms with van der Waals surface area (Å²) in [5, 5.41) is 0. The lowest BCUT2D eigenvalue weighted by molar-refractivity contribution is 0.566. The summed E-state index contributed by atoms with van der Waals surface area (Å²) in [5.41, 5.74) is 1.93. The third kappa shape index (κ3) is 3.23. The van der Waals surface area contributed by atoms with E-state index in [4.69, 9.17) is 0 Å². The van der Waals surface area contributed by atoms with E-state index in [-0.39, 0.29) is 10.9 Å². The van der Waals surface area contributed by atoms with Crippen LogP contribution in [0, 0.1) is 12.7 Å². The topological polar surface area (TPSA) is 46.2 Å². The van der Waals surface area contributed by atoms with Crippen LogP contribution in [0.1, 0.15) is 24.1 Å². The molecule has 2 aromatic rings. The van der Waals surface area contributed by atoms with Gasteiger partial charge in [-0.25, -0.2) is 17.5 Å². The fraction of sp³-hybridized carbons (Fsp3) is 0.200. The summed E-state index contributed by atoms with van der Waals surface area (Å²) < 4.78 is 39.8. The molecule has 1 N–H and O–H groups in total. The lowest BCUT2D eigenvalue weighted by atomic mass is 10.0. The lowest BCUT2D eigenvalue weighted by Crippen LogP contribution is -2.27. The van der Waals surface area contributed by atoms with Crippen molar-refractivity contribution in [1.29, 1.82) is 0 Å². The molecule has 3 nitrogen and oxygen atoms in total. The zero-order chi connectivity index (χ0) is 14.8. The normalized spacial score (nSPS) is 13.2. The van der Waals surface area contributed by atoms with E-state index in [1.807, 2.05) is 31.2 Å². The third-order valence-corrected chi connectivity index (χ3v) is 4.67. The van der Waals surface area contributed by atoms with Gasteiger partial charge in [0, 0.05) is 6.04 Å². The molecule has 0 aliphatic carbocycles. The zero-order valence-corrected chi connectivity index (χ0v) is 12.1. The molecule has 2 rings (SSSR count). The van der Waals surface area contributed by atoms with E-state index in [2.05, 4.69) is 4.72 Å². The van der Waals surface area contributed by atoms with Crippen LogP contribution in [0.15, 0.2) is 53.4 Å². The Labute approximate surface area is 118 Å². The van der Waals surface area contributed by atoms with Crippen molar-refractivity contribution in [2.75, 3.05) is 0 Å². The smallest absolute Gasteiger partial charge is 0.207 e. The van der Waals surface area contributed by atoms with Gasteiger partial charge >= 0.3 is 0 Å². The van der Waals surface area contributed by atoms with Gasteiger partial charge < -0.3 is 0 Å². The molecule has 0 radical (unpaired) electrons. The van der Waals surface area contributed by atoms with E-state index in [9.17, 15) is 12.8 Å². The van der Waals surface area contributed by atoms with Gasteiger partial charge in [0.2, 0.25) is 10.0 Å². The number of hydrogen-bond donors (Lipinski definition) is 1. The Kier molecular flexibility index (Phi) is 4.20. The predicted octanol–water partition coefficient (Wildman–Crippen LogP) is 3.17. The van der Waals surface area contributed by atoms with Crippen molar-refractivity contribution >= 4 is 10.0 Å². The maximum absolute atomic E-state index is 12.8. The highest BCUT2D eigenvalue weighted by atomic mass is 32.2. The molecule has 0 aliphatic heterocycles.